The molecule has 1 heterocycles. The molecule has 0 radical (unpaired) electrons. The van der Waals surface area contributed by atoms with Gasteiger partial charge in [-0.15, -0.1) is 0 Å². The zero-order chi connectivity index (χ0) is 22.1. The quantitative estimate of drug-likeness (QED) is 0.601. The summed E-state index contributed by atoms with van der Waals surface area (Å²) in [6.45, 7) is 0.250. The summed E-state index contributed by atoms with van der Waals surface area (Å²) in [6.07, 6.45) is 1.75. The molecule has 8 heteroatoms. The van der Waals surface area contributed by atoms with E-state index in [1.165, 1.54) is 17.7 Å². The number of aryl methyl sites for hydroxylation is 1. The molecule has 1 atom stereocenters. The number of amides is 1. The molecule has 1 aliphatic heterocycles. The third-order valence-corrected chi connectivity index (χ3v) is 7.15. The Morgan fingerprint density at radius 1 is 0.969 bits per heavy atom. The first-order valence-electron chi connectivity index (χ1n) is 10.4. The number of nitrogens with one attached hydrogen (secondary N) is 2. The van der Waals surface area contributed by atoms with Gasteiger partial charge in [0.1, 0.15) is 0 Å². The maximum atomic E-state index is 12.8. The van der Waals surface area contributed by atoms with Crippen LogP contribution in [0.2, 0.25) is 0 Å². The van der Waals surface area contributed by atoms with E-state index < -0.39 is 10.0 Å². The fourth-order valence-electron chi connectivity index (χ4n) is 4.07. The van der Waals surface area contributed by atoms with E-state index in [4.69, 9.17) is 9.47 Å². The van der Waals surface area contributed by atoms with E-state index in [2.05, 4.69) is 16.1 Å². The number of rotatable bonds is 6. The number of hydrogen-bond donors (Lipinski definition) is 2. The summed E-state index contributed by atoms with van der Waals surface area (Å²) in [7, 11) is -3.81. The van der Waals surface area contributed by atoms with Crippen molar-refractivity contribution in [2.45, 2.75) is 30.3 Å². The second-order valence-electron chi connectivity index (χ2n) is 7.80. The van der Waals surface area contributed by atoms with Gasteiger partial charge in [0.05, 0.1) is 10.9 Å². The van der Waals surface area contributed by atoms with E-state index in [0.717, 1.165) is 24.0 Å². The van der Waals surface area contributed by atoms with Crippen molar-refractivity contribution in [3.8, 4) is 11.5 Å². The minimum Gasteiger partial charge on any atom is -0.454 e. The number of sulfonamides is 1. The largest absolute Gasteiger partial charge is 0.454 e. The van der Waals surface area contributed by atoms with Crippen LogP contribution in [0.15, 0.2) is 71.6 Å². The molecule has 0 spiro atoms. The molecule has 7 nitrogen and oxygen atoms in total. The Hall–Kier alpha value is -3.36. The van der Waals surface area contributed by atoms with Gasteiger partial charge in [-0.1, -0.05) is 36.4 Å². The molecule has 0 unspecified atom stereocenters. The van der Waals surface area contributed by atoms with Crippen LogP contribution in [0.4, 0.5) is 0 Å². The summed E-state index contributed by atoms with van der Waals surface area (Å²) in [5.74, 6) is 0.939. The van der Waals surface area contributed by atoms with E-state index in [0.29, 0.717) is 17.1 Å². The lowest BCUT2D eigenvalue weighted by Gasteiger charge is -2.15. The molecule has 0 aromatic heterocycles. The topological polar surface area (TPSA) is 93.7 Å². The number of benzene rings is 3. The van der Waals surface area contributed by atoms with Crippen molar-refractivity contribution in [1.82, 2.24) is 10.0 Å². The van der Waals surface area contributed by atoms with Crippen LogP contribution in [0, 0.1) is 0 Å². The zero-order valence-corrected chi connectivity index (χ0v) is 18.0. The number of ether oxygens (including phenoxy) is 2. The second kappa shape index (κ2) is 8.29. The average molecular weight is 451 g/mol. The molecule has 2 N–H and O–H groups in total. The van der Waals surface area contributed by atoms with E-state index in [1.807, 2.05) is 18.2 Å². The normalized spacial score (nSPS) is 16.6. The molecule has 2 aliphatic rings. The first-order valence-corrected chi connectivity index (χ1v) is 11.8. The number of hydrogen-bond acceptors (Lipinski definition) is 5. The lowest BCUT2D eigenvalue weighted by molar-refractivity contribution is 0.0936. The van der Waals surface area contributed by atoms with Crippen LogP contribution >= 0.6 is 0 Å². The summed E-state index contributed by atoms with van der Waals surface area (Å²) < 4.78 is 38.8. The van der Waals surface area contributed by atoms with Crippen LogP contribution in [0.1, 0.15) is 39.5 Å². The molecule has 1 aliphatic carbocycles. The molecule has 3 aromatic carbocycles. The molecule has 0 saturated heterocycles. The van der Waals surface area contributed by atoms with Crippen molar-refractivity contribution in [2.75, 3.05) is 6.79 Å². The summed E-state index contributed by atoms with van der Waals surface area (Å²) in [5, 5.41) is 3.03. The third kappa shape index (κ3) is 4.06. The zero-order valence-electron chi connectivity index (χ0n) is 17.2. The first kappa shape index (κ1) is 20.5. The van der Waals surface area contributed by atoms with Crippen molar-refractivity contribution in [3.05, 3.63) is 89.0 Å². The minimum atomic E-state index is -3.81. The highest BCUT2D eigenvalue weighted by Gasteiger charge is 2.24. The molecular weight excluding hydrogens is 428 g/mol. The van der Waals surface area contributed by atoms with Gasteiger partial charge in [0.25, 0.3) is 5.91 Å². The Kier molecular flexibility index (Phi) is 5.32. The highest BCUT2D eigenvalue weighted by molar-refractivity contribution is 7.89. The molecule has 32 heavy (non-hydrogen) atoms. The third-order valence-electron chi connectivity index (χ3n) is 5.75. The summed E-state index contributed by atoms with van der Waals surface area (Å²) in [5.41, 5.74) is 3.41. The number of fused-ring (bicyclic) bond motifs is 2. The van der Waals surface area contributed by atoms with E-state index in [-0.39, 0.29) is 30.2 Å². The van der Waals surface area contributed by atoms with Gasteiger partial charge in [-0.2, -0.15) is 0 Å². The monoisotopic (exact) mass is 450 g/mol. The molecule has 3 aromatic rings. The minimum absolute atomic E-state index is 0.0396. The standard InChI is InChI=1S/C24H22N2O5S/c27-24(26-21-10-9-17-4-1-2-7-20(17)21)18-5-3-6-19(13-18)32(28,29)25-14-16-8-11-22-23(12-16)31-15-30-22/h1-8,11-13,21,25H,9-10,14-15H2,(H,26,27)/t21-/m0/s1. The average Bonchev–Trinajstić information content (AvgIpc) is 3.44. The first-order chi connectivity index (χ1) is 15.5. The van der Waals surface area contributed by atoms with Crippen LogP contribution in [0.3, 0.4) is 0 Å². The van der Waals surface area contributed by atoms with Crippen molar-refractivity contribution in [2.24, 2.45) is 0 Å². The Bertz CT molecular complexity index is 1290. The highest BCUT2D eigenvalue weighted by Crippen LogP contribution is 2.33. The summed E-state index contributed by atoms with van der Waals surface area (Å²) in [4.78, 5) is 12.9. The number of carbonyl (C=O) groups is 1. The SMILES string of the molecule is O=C(N[C@H]1CCc2ccccc21)c1cccc(S(=O)(=O)NCc2ccc3c(c2)OCO3)c1. The van der Waals surface area contributed by atoms with E-state index in [1.54, 1.807) is 30.3 Å². The van der Waals surface area contributed by atoms with Crippen LogP contribution in [-0.4, -0.2) is 21.1 Å². The van der Waals surface area contributed by atoms with Gasteiger partial charge in [0.2, 0.25) is 16.8 Å². The summed E-state index contributed by atoms with van der Waals surface area (Å²) in [6, 6.07) is 19.3. The van der Waals surface area contributed by atoms with Crippen LogP contribution < -0.4 is 19.5 Å². The Morgan fingerprint density at radius 3 is 2.72 bits per heavy atom. The van der Waals surface area contributed by atoms with Crippen LogP contribution in [0.5, 0.6) is 11.5 Å². The van der Waals surface area contributed by atoms with Gasteiger partial charge in [-0.3, -0.25) is 4.79 Å². The van der Waals surface area contributed by atoms with Gasteiger partial charge >= 0.3 is 0 Å². The van der Waals surface area contributed by atoms with Gasteiger partial charge in [-0.05, 0) is 59.9 Å². The molecule has 0 saturated carbocycles. The molecule has 0 fully saturated rings. The molecule has 164 valence electrons. The van der Waals surface area contributed by atoms with Crippen molar-refractivity contribution in [1.29, 1.82) is 0 Å². The molecule has 1 amide bonds. The van der Waals surface area contributed by atoms with Gasteiger partial charge in [-0.25, -0.2) is 13.1 Å². The van der Waals surface area contributed by atoms with Crippen molar-refractivity contribution < 1.29 is 22.7 Å². The lowest BCUT2D eigenvalue weighted by atomic mass is 10.1. The predicted octanol–water partition coefficient (Wildman–Crippen LogP) is 3.31. The second-order valence-corrected chi connectivity index (χ2v) is 9.57. The smallest absolute Gasteiger partial charge is 0.251 e. The van der Waals surface area contributed by atoms with Crippen molar-refractivity contribution >= 4 is 15.9 Å². The fourth-order valence-corrected chi connectivity index (χ4v) is 5.13. The van der Waals surface area contributed by atoms with Crippen LogP contribution in [0.25, 0.3) is 0 Å². The lowest BCUT2D eigenvalue weighted by Crippen LogP contribution is -2.28. The molecular formula is C24H22N2O5S. The predicted molar refractivity (Wildman–Crippen MR) is 118 cm³/mol. The fraction of sp³-hybridized carbons (Fsp3) is 0.208. The van der Waals surface area contributed by atoms with Crippen molar-refractivity contribution in [3.63, 3.8) is 0 Å². The maximum absolute atomic E-state index is 12.8. The van der Waals surface area contributed by atoms with Gasteiger partial charge in [0.15, 0.2) is 11.5 Å². The highest BCUT2D eigenvalue weighted by atomic mass is 32.2. The van der Waals surface area contributed by atoms with Gasteiger partial charge < -0.3 is 14.8 Å². The van der Waals surface area contributed by atoms with Gasteiger partial charge in [0, 0.05) is 12.1 Å². The maximum Gasteiger partial charge on any atom is 0.251 e. The Balaban J connectivity index is 1.28. The summed E-state index contributed by atoms with van der Waals surface area (Å²) >= 11 is 0. The number of carbonyl (C=O) groups excluding carboxylic acids is 1. The Morgan fingerprint density at radius 2 is 1.81 bits per heavy atom. The Labute approximate surface area is 186 Å². The van der Waals surface area contributed by atoms with E-state index >= 15 is 0 Å². The molecule has 5 rings (SSSR count). The van der Waals surface area contributed by atoms with E-state index in [9.17, 15) is 13.2 Å². The molecule has 0 bridgehead atoms. The van der Waals surface area contributed by atoms with Crippen LogP contribution in [-0.2, 0) is 23.0 Å².